The number of pyridine rings is 1. The highest BCUT2D eigenvalue weighted by Gasteiger charge is 2.21. The molecule has 21 heavy (non-hydrogen) atoms. The zero-order valence-electron chi connectivity index (χ0n) is 11.4. The number of rotatable bonds is 2. The molecule has 1 aliphatic heterocycles. The maximum Gasteiger partial charge on any atom is 0.260 e. The molecule has 0 atom stereocenters. The van der Waals surface area contributed by atoms with Gasteiger partial charge in [0.05, 0.1) is 5.56 Å². The molecule has 2 aromatic rings. The second-order valence-corrected chi connectivity index (χ2v) is 5.52. The van der Waals surface area contributed by atoms with Gasteiger partial charge >= 0.3 is 0 Å². The molecular weight excluding hydrogens is 336 g/mol. The van der Waals surface area contributed by atoms with Gasteiger partial charge in [-0.15, -0.1) is 0 Å². The number of hydrogen-bond donors (Lipinski definition) is 1. The smallest absolute Gasteiger partial charge is 0.260 e. The van der Waals surface area contributed by atoms with E-state index in [4.69, 9.17) is 9.47 Å². The van der Waals surface area contributed by atoms with Crippen molar-refractivity contribution in [3.8, 4) is 11.5 Å². The number of fused-ring (bicyclic) bond motifs is 1. The van der Waals surface area contributed by atoms with Gasteiger partial charge in [-0.25, -0.2) is 4.98 Å². The van der Waals surface area contributed by atoms with Crippen LogP contribution in [-0.4, -0.2) is 24.1 Å². The van der Waals surface area contributed by atoms with Crippen molar-refractivity contribution in [2.24, 2.45) is 0 Å². The predicted molar refractivity (Wildman–Crippen MR) is 82.1 cm³/mol. The lowest BCUT2D eigenvalue weighted by molar-refractivity contribution is 0.101. The third-order valence-electron chi connectivity index (χ3n) is 3.09. The lowest BCUT2D eigenvalue weighted by Gasteiger charge is -2.20. The van der Waals surface area contributed by atoms with Gasteiger partial charge in [0.15, 0.2) is 11.5 Å². The molecule has 1 aromatic carbocycles. The van der Waals surface area contributed by atoms with E-state index < -0.39 is 0 Å². The van der Waals surface area contributed by atoms with Crippen LogP contribution >= 0.6 is 15.9 Å². The van der Waals surface area contributed by atoms with E-state index in [1.54, 1.807) is 24.4 Å². The third-order valence-corrected chi connectivity index (χ3v) is 3.52. The van der Waals surface area contributed by atoms with Crippen molar-refractivity contribution in [1.29, 1.82) is 0 Å². The zero-order valence-corrected chi connectivity index (χ0v) is 12.9. The fourth-order valence-electron chi connectivity index (χ4n) is 2.10. The van der Waals surface area contributed by atoms with Crippen molar-refractivity contribution in [3.05, 3.63) is 46.1 Å². The van der Waals surface area contributed by atoms with Gasteiger partial charge in [-0.3, -0.25) is 4.79 Å². The van der Waals surface area contributed by atoms with E-state index >= 15 is 0 Å². The Morgan fingerprint density at radius 3 is 2.95 bits per heavy atom. The number of aryl methyl sites for hydroxylation is 1. The Hall–Kier alpha value is -2.08. The molecule has 0 spiro atoms. The van der Waals surface area contributed by atoms with Crippen LogP contribution in [0.25, 0.3) is 0 Å². The van der Waals surface area contributed by atoms with Crippen LogP contribution in [0, 0.1) is 6.92 Å². The van der Waals surface area contributed by atoms with Crippen molar-refractivity contribution >= 4 is 27.7 Å². The van der Waals surface area contributed by atoms with Crippen LogP contribution in [0.2, 0.25) is 0 Å². The Balaban J connectivity index is 1.89. The average Bonchev–Trinajstić information content (AvgIpc) is 2.49. The summed E-state index contributed by atoms with van der Waals surface area (Å²) in [7, 11) is 0. The number of ether oxygens (including phenoxy) is 2. The number of halogens is 1. The maximum absolute atomic E-state index is 12.4. The molecule has 0 aliphatic carbocycles. The minimum absolute atomic E-state index is 0.268. The van der Waals surface area contributed by atoms with E-state index in [2.05, 4.69) is 26.2 Å². The molecule has 0 unspecified atom stereocenters. The number of para-hydroxylation sites is 1. The summed E-state index contributed by atoms with van der Waals surface area (Å²) in [6.45, 7) is 2.81. The summed E-state index contributed by atoms with van der Waals surface area (Å²) in [5, 5.41) is 2.80. The molecule has 0 fully saturated rings. The first-order valence-electron chi connectivity index (χ1n) is 6.47. The zero-order chi connectivity index (χ0) is 14.8. The molecule has 3 rings (SSSR count). The summed E-state index contributed by atoms with van der Waals surface area (Å²) in [5.41, 5.74) is 1.32. The summed E-state index contributed by atoms with van der Waals surface area (Å²) in [4.78, 5) is 16.6. The minimum atomic E-state index is -0.268. The fraction of sp³-hybridized carbons (Fsp3) is 0.200. The van der Waals surface area contributed by atoms with E-state index in [-0.39, 0.29) is 5.91 Å². The molecule has 0 bridgehead atoms. The number of carbonyl (C=O) groups is 1. The van der Waals surface area contributed by atoms with Gasteiger partial charge in [-0.2, -0.15) is 0 Å². The molecule has 2 heterocycles. The van der Waals surface area contributed by atoms with Crippen LogP contribution in [0.5, 0.6) is 11.5 Å². The number of aromatic nitrogens is 1. The Bertz CT molecular complexity index is 703. The molecule has 1 N–H and O–H groups in total. The Kier molecular flexibility index (Phi) is 3.79. The van der Waals surface area contributed by atoms with Crippen LogP contribution in [-0.2, 0) is 0 Å². The number of benzene rings is 1. The lowest BCUT2D eigenvalue weighted by atomic mass is 10.1. The lowest BCUT2D eigenvalue weighted by Crippen LogP contribution is -2.20. The molecule has 1 aromatic heterocycles. The summed E-state index contributed by atoms with van der Waals surface area (Å²) < 4.78 is 11.9. The second-order valence-electron chi connectivity index (χ2n) is 4.60. The summed E-state index contributed by atoms with van der Waals surface area (Å²) in [6, 6.07) is 7.15. The fourth-order valence-corrected chi connectivity index (χ4v) is 2.54. The standard InChI is InChI=1S/C15H13BrN2O3/c1-9-7-10(16)8-17-14(9)18-15(19)11-3-2-4-12-13(11)21-6-5-20-12/h2-4,7-8H,5-6H2,1H3,(H,17,18,19). The van der Waals surface area contributed by atoms with Crippen LogP contribution < -0.4 is 14.8 Å². The van der Waals surface area contributed by atoms with E-state index in [0.717, 1.165) is 10.0 Å². The highest BCUT2D eigenvalue weighted by molar-refractivity contribution is 9.10. The molecule has 1 amide bonds. The largest absolute Gasteiger partial charge is 0.486 e. The SMILES string of the molecule is Cc1cc(Br)cnc1NC(=O)c1cccc2c1OCCO2. The van der Waals surface area contributed by atoms with Gasteiger partial charge in [0.1, 0.15) is 19.0 Å². The van der Waals surface area contributed by atoms with E-state index in [1.165, 1.54) is 0 Å². The van der Waals surface area contributed by atoms with Crippen molar-refractivity contribution < 1.29 is 14.3 Å². The van der Waals surface area contributed by atoms with Gasteiger partial charge in [-0.1, -0.05) is 6.07 Å². The Morgan fingerprint density at radius 2 is 2.14 bits per heavy atom. The number of hydrogen-bond acceptors (Lipinski definition) is 4. The number of carbonyl (C=O) groups excluding carboxylic acids is 1. The summed E-state index contributed by atoms with van der Waals surface area (Å²) in [5.74, 6) is 1.33. The molecule has 108 valence electrons. The minimum Gasteiger partial charge on any atom is -0.486 e. The number of nitrogens with one attached hydrogen (secondary N) is 1. The van der Waals surface area contributed by atoms with Gasteiger partial charge in [0.25, 0.3) is 5.91 Å². The first-order chi connectivity index (χ1) is 10.1. The molecule has 0 radical (unpaired) electrons. The molecule has 0 saturated carbocycles. The predicted octanol–water partition coefficient (Wildman–Crippen LogP) is 3.18. The van der Waals surface area contributed by atoms with Gasteiger partial charge < -0.3 is 14.8 Å². The van der Waals surface area contributed by atoms with Crippen molar-refractivity contribution in [3.63, 3.8) is 0 Å². The van der Waals surface area contributed by atoms with Crippen LogP contribution in [0.1, 0.15) is 15.9 Å². The molecule has 5 nitrogen and oxygen atoms in total. The van der Waals surface area contributed by atoms with Gasteiger partial charge in [-0.05, 0) is 46.6 Å². The highest BCUT2D eigenvalue weighted by atomic mass is 79.9. The third kappa shape index (κ3) is 2.85. The van der Waals surface area contributed by atoms with Gasteiger partial charge in [0.2, 0.25) is 0 Å². The average molecular weight is 349 g/mol. The summed E-state index contributed by atoms with van der Waals surface area (Å²) in [6.07, 6.45) is 1.64. The molecule has 0 saturated heterocycles. The Morgan fingerprint density at radius 1 is 1.33 bits per heavy atom. The van der Waals surface area contributed by atoms with Crippen molar-refractivity contribution in [2.75, 3.05) is 18.5 Å². The molecular formula is C15H13BrN2O3. The first-order valence-corrected chi connectivity index (χ1v) is 7.26. The van der Waals surface area contributed by atoms with Crippen LogP contribution in [0.15, 0.2) is 34.9 Å². The van der Waals surface area contributed by atoms with Crippen molar-refractivity contribution in [2.45, 2.75) is 6.92 Å². The van der Waals surface area contributed by atoms with E-state index in [1.807, 2.05) is 13.0 Å². The number of anilines is 1. The van der Waals surface area contributed by atoms with E-state index in [9.17, 15) is 4.79 Å². The topological polar surface area (TPSA) is 60.5 Å². The van der Waals surface area contributed by atoms with Crippen LogP contribution in [0.4, 0.5) is 5.82 Å². The maximum atomic E-state index is 12.4. The van der Waals surface area contributed by atoms with Crippen LogP contribution in [0.3, 0.4) is 0 Å². The van der Waals surface area contributed by atoms with Crippen molar-refractivity contribution in [1.82, 2.24) is 4.98 Å². The van der Waals surface area contributed by atoms with E-state index in [0.29, 0.717) is 36.1 Å². The highest BCUT2D eigenvalue weighted by Crippen LogP contribution is 2.34. The summed E-state index contributed by atoms with van der Waals surface area (Å²) >= 11 is 3.34. The first kappa shape index (κ1) is 13.9. The number of nitrogens with zero attached hydrogens (tertiary/aromatic N) is 1. The van der Waals surface area contributed by atoms with Gasteiger partial charge in [0, 0.05) is 10.7 Å². The Labute approximate surface area is 130 Å². The normalized spacial score (nSPS) is 12.9. The second kappa shape index (κ2) is 5.73. The molecule has 1 aliphatic rings. The quantitative estimate of drug-likeness (QED) is 0.905. The number of amides is 1. The monoisotopic (exact) mass is 348 g/mol. The molecule has 6 heteroatoms.